The molecular formula is C17H27N3. The van der Waals surface area contributed by atoms with Gasteiger partial charge in [0.05, 0.1) is 0 Å². The number of likely N-dealkylation sites (tertiary alicyclic amines) is 1. The van der Waals surface area contributed by atoms with Crippen LogP contribution < -0.4 is 0 Å². The molecule has 1 saturated carbocycles. The molecule has 3 nitrogen and oxygen atoms in total. The fourth-order valence-electron chi connectivity index (χ4n) is 3.68. The van der Waals surface area contributed by atoms with Crippen LogP contribution >= 0.6 is 0 Å². The van der Waals surface area contributed by atoms with Gasteiger partial charge in [-0.2, -0.15) is 0 Å². The maximum Gasteiger partial charge on any atom is 0.0354 e. The van der Waals surface area contributed by atoms with Crippen molar-refractivity contribution in [2.75, 3.05) is 19.6 Å². The first-order valence-electron chi connectivity index (χ1n) is 8.24. The second-order valence-corrected chi connectivity index (χ2v) is 6.32. The summed E-state index contributed by atoms with van der Waals surface area (Å²) in [5.41, 5.74) is 1.39. The smallest absolute Gasteiger partial charge is 0.0354 e. The van der Waals surface area contributed by atoms with Crippen molar-refractivity contribution < 1.29 is 0 Å². The molecule has 1 aliphatic heterocycles. The zero-order chi connectivity index (χ0) is 13.8. The topological polar surface area (TPSA) is 19.4 Å². The standard InChI is InChI=1S/C17H27N3/c1-2-19(12-15-8-10-18-11-9-15)17-13-20(14-17)16-6-4-3-5-7-16/h8-11,16-17H,2-7,12-14H2,1H3. The van der Waals surface area contributed by atoms with Crippen molar-refractivity contribution >= 4 is 0 Å². The lowest BCUT2D eigenvalue weighted by molar-refractivity contribution is -0.00726. The molecule has 1 aromatic heterocycles. The average Bonchev–Trinajstić information content (AvgIpc) is 2.47. The predicted octanol–water partition coefficient (Wildman–Crippen LogP) is 2.92. The monoisotopic (exact) mass is 273 g/mol. The zero-order valence-electron chi connectivity index (χ0n) is 12.7. The Bertz CT molecular complexity index is 394. The second kappa shape index (κ2) is 6.68. The molecule has 0 aromatic carbocycles. The van der Waals surface area contributed by atoms with E-state index < -0.39 is 0 Å². The summed E-state index contributed by atoms with van der Waals surface area (Å²) in [6, 6.07) is 5.93. The summed E-state index contributed by atoms with van der Waals surface area (Å²) in [4.78, 5) is 9.44. The Kier molecular flexibility index (Phi) is 4.69. The Morgan fingerprint density at radius 3 is 2.50 bits per heavy atom. The van der Waals surface area contributed by atoms with Crippen LogP contribution in [0.1, 0.15) is 44.6 Å². The highest BCUT2D eigenvalue weighted by atomic mass is 15.3. The van der Waals surface area contributed by atoms with E-state index in [4.69, 9.17) is 0 Å². The Balaban J connectivity index is 1.49. The molecule has 0 amide bonds. The van der Waals surface area contributed by atoms with E-state index in [0.29, 0.717) is 0 Å². The lowest BCUT2D eigenvalue weighted by atomic mass is 9.91. The number of pyridine rings is 1. The molecule has 2 heterocycles. The van der Waals surface area contributed by atoms with Crippen LogP contribution in [-0.2, 0) is 6.54 Å². The molecule has 2 aliphatic rings. The van der Waals surface area contributed by atoms with Gasteiger partial charge in [-0.1, -0.05) is 26.2 Å². The van der Waals surface area contributed by atoms with Gasteiger partial charge in [-0.3, -0.25) is 14.8 Å². The minimum atomic E-state index is 0.759. The van der Waals surface area contributed by atoms with Crippen molar-refractivity contribution in [3.05, 3.63) is 30.1 Å². The first kappa shape index (κ1) is 14.0. The molecule has 20 heavy (non-hydrogen) atoms. The van der Waals surface area contributed by atoms with E-state index in [1.165, 1.54) is 50.8 Å². The number of rotatable bonds is 5. The summed E-state index contributed by atoms with van der Waals surface area (Å²) < 4.78 is 0. The molecule has 0 bridgehead atoms. The van der Waals surface area contributed by atoms with E-state index in [0.717, 1.165) is 25.2 Å². The highest BCUT2D eigenvalue weighted by molar-refractivity contribution is 5.10. The fraction of sp³-hybridized carbons (Fsp3) is 0.706. The number of aromatic nitrogens is 1. The van der Waals surface area contributed by atoms with Crippen LogP contribution in [0.4, 0.5) is 0 Å². The first-order valence-corrected chi connectivity index (χ1v) is 8.24. The third kappa shape index (κ3) is 3.21. The summed E-state index contributed by atoms with van der Waals surface area (Å²) in [7, 11) is 0. The first-order chi connectivity index (χ1) is 9.86. The molecule has 3 rings (SSSR count). The van der Waals surface area contributed by atoms with Gasteiger partial charge in [0.15, 0.2) is 0 Å². The van der Waals surface area contributed by atoms with Crippen molar-refractivity contribution in [3.8, 4) is 0 Å². The molecule has 1 aliphatic carbocycles. The van der Waals surface area contributed by atoms with E-state index >= 15 is 0 Å². The fourth-order valence-corrected chi connectivity index (χ4v) is 3.68. The third-order valence-electron chi connectivity index (χ3n) is 5.04. The average molecular weight is 273 g/mol. The van der Waals surface area contributed by atoms with Gasteiger partial charge in [0, 0.05) is 44.1 Å². The molecule has 0 spiro atoms. The summed E-state index contributed by atoms with van der Waals surface area (Å²) in [5, 5.41) is 0. The molecule has 0 radical (unpaired) electrons. The van der Waals surface area contributed by atoms with Crippen LogP contribution in [0, 0.1) is 0 Å². The van der Waals surface area contributed by atoms with Crippen molar-refractivity contribution in [1.29, 1.82) is 0 Å². The summed E-state index contributed by atoms with van der Waals surface area (Å²) in [5.74, 6) is 0. The van der Waals surface area contributed by atoms with Crippen LogP contribution in [0.15, 0.2) is 24.5 Å². The van der Waals surface area contributed by atoms with Gasteiger partial charge in [-0.25, -0.2) is 0 Å². The Morgan fingerprint density at radius 1 is 1.15 bits per heavy atom. The number of likely N-dealkylation sites (N-methyl/N-ethyl adjacent to an activating group) is 1. The van der Waals surface area contributed by atoms with Crippen molar-refractivity contribution in [3.63, 3.8) is 0 Å². The van der Waals surface area contributed by atoms with E-state index in [1.807, 2.05) is 12.4 Å². The third-order valence-corrected chi connectivity index (χ3v) is 5.04. The normalized spacial score (nSPS) is 22.1. The highest BCUT2D eigenvalue weighted by Crippen LogP contribution is 2.28. The largest absolute Gasteiger partial charge is 0.297 e. The van der Waals surface area contributed by atoms with Gasteiger partial charge >= 0.3 is 0 Å². The van der Waals surface area contributed by atoms with Crippen LogP contribution in [0.25, 0.3) is 0 Å². The minimum absolute atomic E-state index is 0.759. The van der Waals surface area contributed by atoms with Gasteiger partial charge in [0.1, 0.15) is 0 Å². The summed E-state index contributed by atoms with van der Waals surface area (Å²) in [6.45, 7) is 7.06. The summed E-state index contributed by atoms with van der Waals surface area (Å²) >= 11 is 0. The van der Waals surface area contributed by atoms with Crippen molar-refractivity contribution in [2.24, 2.45) is 0 Å². The lowest BCUT2D eigenvalue weighted by Gasteiger charge is -2.49. The lowest BCUT2D eigenvalue weighted by Crippen LogP contribution is -2.62. The van der Waals surface area contributed by atoms with Gasteiger partial charge in [-0.15, -0.1) is 0 Å². The van der Waals surface area contributed by atoms with Crippen molar-refractivity contribution in [1.82, 2.24) is 14.8 Å². The number of hydrogen-bond donors (Lipinski definition) is 0. The molecule has 2 fully saturated rings. The Hall–Kier alpha value is -0.930. The van der Waals surface area contributed by atoms with Crippen LogP contribution in [-0.4, -0.2) is 46.5 Å². The van der Waals surface area contributed by atoms with Crippen LogP contribution in [0.2, 0.25) is 0 Å². The molecule has 110 valence electrons. The predicted molar refractivity (Wildman–Crippen MR) is 82.6 cm³/mol. The molecular weight excluding hydrogens is 246 g/mol. The van der Waals surface area contributed by atoms with Crippen molar-refractivity contribution in [2.45, 2.75) is 57.7 Å². The Morgan fingerprint density at radius 2 is 1.85 bits per heavy atom. The molecule has 0 atom stereocenters. The van der Waals surface area contributed by atoms with Gasteiger partial charge in [0.25, 0.3) is 0 Å². The molecule has 1 saturated heterocycles. The van der Waals surface area contributed by atoms with E-state index in [1.54, 1.807) is 0 Å². The number of hydrogen-bond acceptors (Lipinski definition) is 3. The Labute approximate surface area is 123 Å². The van der Waals surface area contributed by atoms with E-state index in [2.05, 4.69) is 33.8 Å². The van der Waals surface area contributed by atoms with Gasteiger partial charge < -0.3 is 0 Å². The maximum absolute atomic E-state index is 4.10. The van der Waals surface area contributed by atoms with Crippen LogP contribution in [0.3, 0.4) is 0 Å². The van der Waals surface area contributed by atoms with Crippen LogP contribution in [0.5, 0.6) is 0 Å². The zero-order valence-corrected chi connectivity index (χ0v) is 12.7. The van der Waals surface area contributed by atoms with E-state index in [-0.39, 0.29) is 0 Å². The molecule has 3 heteroatoms. The van der Waals surface area contributed by atoms with Gasteiger partial charge in [0.2, 0.25) is 0 Å². The van der Waals surface area contributed by atoms with E-state index in [9.17, 15) is 0 Å². The van der Waals surface area contributed by atoms with Gasteiger partial charge in [-0.05, 0) is 37.1 Å². The molecule has 1 aromatic rings. The number of nitrogens with zero attached hydrogens (tertiary/aromatic N) is 3. The molecule has 0 N–H and O–H groups in total. The highest BCUT2D eigenvalue weighted by Gasteiger charge is 2.35. The molecule has 0 unspecified atom stereocenters. The quantitative estimate of drug-likeness (QED) is 0.822. The summed E-state index contributed by atoms with van der Waals surface area (Å²) in [6.07, 6.45) is 11.0. The SMILES string of the molecule is CCN(Cc1ccncc1)C1CN(C2CCCCC2)C1. The minimum Gasteiger partial charge on any atom is -0.297 e. The second-order valence-electron chi connectivity index (χ2n) is 6.32. The maximum atomic E-state index is 4.10.